The molecule has 0 N–H and O–H groups in total. The van der Waals surface area contributed by atoms with Crippen LogP contribution in [0.4, 0.5) is 0 Å². The molecule has 0 spiro atoms. The zero-order valence-corrected chi connectivity index (χ0v) is 47.0. The minimum absolute atomic E-state index is 0.375. The lowest BCUT2D eigenvalue weighted by atomic mass is 10.2. The van der Waals surface area contributed by atoms with E-state index in [9.17, 15) is 0 Å². The Kier molecular flexibility index (Phi) is 7.88. The Bertz CT molecular complexity index is 6410. The molecule has 0 unspecified atom stereocenters. The van der Waals surface area contributed by atoms with Crippen molar-refractivity contribution in [1.29, 1.82) is 0 Å². The maximum Gasteiger partial charge on any atom is 0.339 e. The molecular formula is C72H59N15O+4. The molecule has 88 heavy (non-hydrogen) atoms. The van der Waals surface area contributed by atoms with Gasteiger partial charge in [0, 0.05) is 47.0 Å². The molecule has 0 saturated heterocycles. The van der Waals surface area contributed by atoms with Crippen LogP contribution >= 0.6 is 0 Å². The van der Waals surface area contributed by atoms with Gasteiger partial charge in [-0.2, -0.15) is 4.57 Å². The molecule has 0 aliphatic carbocycles. The molecule has 4 aliphatic heterocycles. The van der Waals surface area contributed by atoms with Crippen molar-refractivity contribution in [2.75, 3.05) is 0 Å². The fraction of sp³-hybridized carbons (Fsp3) is 0.139. The molecule has 17 aromatic rings. The molecule has 4 aliphatic rings. The predicted molar refractivity (Wildman–Crippen MR) is 341 cm³/mol. The van der Waals surface area contributed by atoms with Gasteiger partial charge in [-0.15, -0.1) is 0 Å². The van der Waals surface area contributed by atoms with Crippen LogP contribution in [0.25, 0.3) is 140 Å². The Balaban J connectivity index is 0.0000000985. The third-order valence-corrected chi connectivity index (χ3v) is 17.8. The number of benzene rings is 5. The quantitative estimate of drug-likeness (QED) is 0.152. The van der Waals surface area contributed by atoms with E-state index < -0.39 is 34.9 Å². The van der Waals surface area contributed by atoms with E-state index >= 15 is 0 Å². The van der Waals surface area contributed by atoms with Crippen LogP contribution in [0.5, 0.6) is 0 Å². The molecule has 0 amide bonds. The molecule has 424 valence electrons. The van der Waals surface area contributed by atoms with E-state index in [0.29, 0.717) is 99.7 Å². The van der Waals surface area contributed by atoms with Gasteiger partial charge in [-0.1, -0.05) is 91.0 Å². The smallest absolute Gasteiger partial charge is 0.339 e. The summed E-state index contributed by atoms with van der Waals surface area (Å²) < 4.78 is 147. The van der Waals surface area contributed by atoms with E-state index in [1.807, 2.05) is 157 Å². The maximum atomic E-state index is 8.32. The third-order valence-electron chi connectivity index (χ3n) is 17.8. The molecule has 5 aromatic carbocycles. The molecule has 12 aromatic heterocycles. The normalized spacial score (nSPS) is 16.2. The monoisotopic (exact) mass is 1160 g/mol. The molecular weight excluding hydrogens is 1090 g/mol. The zero-order valence-electron chi connectivity index (χ0n) is 62.0. The van der Waals surface area contributed by atoms with E-state index in [2.05, 4.69) is 38.2 Å². The van der Waals surface area contributed by atoms with Gasteiger partial charge in [0.05, 0.1) is 104 Å². The lowest BCUT2D eigenvalue weighted by molar-refractivity contribution is -0.652. The third kappa shape index (κ3) is 6.78. The van der Waals surface area contributed by atoms with Gasteiger partial charge >= 0.3 is 11.5 Å². The van der Waals surface area contributed by atoms with Crippen molar-refractivity contribution < 1.29 is 43.2 Å². The molecule has 16 heteroatoms. The van der Waals surface area contributed by atoms with Gasteiger partial charge in [0.1, 0.15) is 51.4 Å². The SMILES string of the molecule is [2H]C([2H])([2H])n1c2[n+](c3c1c1ccccc1n3-c1ccccc1)Cc1cccnc1-2.[2H]C([2H])([2H])n1c2[n+](c3c1c1ccccc1n3C([2H])([2H])[2H])Cc1cccnc1-2.[2H]C([2H])([2H])n1c2[n+](c3c1c1ccccc1n3C)Cc1cccnc1-2.[2H]C([2H])([2H])n1c2[n+](c3oc4ccccc4c31)Cc1cccnc1-2. The van der Waals surface area contributed by atoms with Crippen LogP contribution in [0.3, 0.4) is 0 Å². The second-order valence-electron chi connectivity index (χ2n) is 22.4. The van der Waals surface area contributed by atoms with Crippen molar-refractivity contribution in [3.05, 3.63) is 223 Å². The molecule has 0 radical (unpaired) electrons. The first-order chi connectivity index (χ1) is 49.3. The topological polar surface area (TPSA) is 115 Å². The molecule has 0 saturated carbocycles. The van der Waals surface area contributed by atoms with Crippen LogP contribution in [0.1, 0.15) is 42.8 Å². The van der Waals surface area contributed by atoms with Crippen LogP contribution in [-0.4, -0.2) is 51.9 Å². The second kappa shape index (κ2) is 18.6. The number of furan rings is 1. The first-order valence-electron chi connectivity index (χ1n) is 36.3. The van der Waals surface area contributed by atoms with E-state index in [4.69, 9.17) is 25.0 Å². The molecule has 16 heterocycles. The highest BCUT2D eigenvalue weighted by atomic mass is 16.3. The fourth-order valence-corrected chi connectivity index (χ4v) is 14.1. The number of nitrogens with zero attached hydrogens (tertiary/aromatic N) is 15. The average Bonchev–Trinajstić information content (AvgIpc) is 1.55. The summed E-state index contributed by atoms with van der Waals surface area (Å²) in [6.07, 6.45) is 6.74. The number of hydrogen-bond acceptors (Lipinski definition) is 5. The first-order valence-corrected chi connectivity index (χ1v) is 28.8. The van der Waals surface area contributed by atoms with Gasteiger partial charge in [0.15, 0.2) is 22.2 Å². The van der Waals surface area contributed by atoms with Gasteiger partial charge in [0.2, 0.25) is 5.52 Å². The molecule has 0 atom stereocenters. The van der Waals surface area contributed by atoms with Crippen molar-refractivity contribution >= 4 is 88.4 Å². The summed E-state index contributed by atoms with van der Waals surface area (Å²) in [4.78, 5) is 17.8. The number of aromatic nitrogens is 15. The molecule has 21 rings (SSSR count). The number of rotatable bonds is 1. The Morgan fingerprint density at radius 3 is 1.24 bits per heavy atom. The van der Waals surface area contributed by atoms with Gasteiger partial charge < -0.3 is 4.42 Å². The fourth-order valence-electron chi connectivity index (χ4n) is 14.1. The Labute approximate surface area is 524 Å². The summed E-state index contributed by atoms with van der Waals surface area (Å²) >= 11 is 0. The minimum Gasteiger partial charge on any atom is -0.419 e. The van der Waals surface area contributed by atoms with E-state index in [-0.39, 0.29) is 0 Å². The lowest BCUT2D eigenvalue weighted by Crippen LogP contribution is -2.33. The van der Waals surface area contributed by atoms with Gasteiger partial charge in [-0.25, -0.2) is 42.8 Å². The number of imidazole rings is 4. The summed E-state index contributed by atoms with van der Waals surface area (Å²) in [5, 5.41) is 3.27. The summed E-state index contributed by atoms with van der Waals surface area (Å²) in [5.41, 5.74) is 16.1. The van der Waals surface area contributed by atoms with Gasteiger partial charge in [0.25, 0.3) is 34.4 Å². The number of fused-ring (bicyclic) bond motifs is 28. The van der Waals surface area contributed by atoms with Crippen LogP contribution in [0.15, 0.2) is 205 Å². The lowest BCUT2D eigenvalue weighted by Gasteiger charge is -2.03. The van der Waals surface area contributed by atoms with Gasteiger partial charge in [-0.3, -0.25) is 22.8 Å². The average molecular weight is 1170 g/mol. The zero-order chi connectivity index (χ0) is 71.3. The largest absolute Gasteiger partial charge is 0.419 e. The first kappa shape index (κ1) is 37.2. The van der Waals surface area contributed by atoms with Crippen molar-refractivity contribution in [2.45, 2.75) is 26.2 Å². The number of hydrogen-bond donors (Lipinski definition) is 0. The van der Waals surface area contributed by atoms with Crippen LogP contribution < -0.4 is 18.3 Å². The highest BCUT2D eigenvalue weighted by molar-refractivity contribution is 6.07. The molecule has 0 bridgehead atoms. The molecule has 16 nitrogen and oxygen atoms in total. The standard InChI is InChI=1S/C22H17N4.2C17H15N4.C16H12N3O/c1-24-20-17-11-5-6-12-18(17)26(16-9-3-2-4-10-16)22(20)25-14-15-8-7-13-23-19(15)21(24)25;2*1-19-13-8-4-3-7-12(13)15-17(19)21-10-11-6-5-9-18-14(11)16(21)20(15)2;1-18-14-11-6-2-3-7-12(11)20-16(14)19-9-10-5-4-8-17-13(10)15(18)19/h2-13H,14H2,1H3;2*3-9H,10H2,1-2H3;2-8H,9H2,1H3/q4*+1/i1D3;1D3,2D3;2D3;1D3. The van der Waals surface area contributed by atoms with E-state index in [1.54, 1.807) is 59.7 Å². The van der Waals surface area contributed by atoms with Crippen molar-refractivity contribution in [3.63, 3.8) is 0 Å². The number of para-hydroxylation sites is 5. The summed E-state index contributed by atoms with van der Waals surface area (Å²) in [7, 11) is 1.98. The summed E-state index contributed by atoms with van der Waals surface area (Å²) in [5.74, 6) is 2.30. The van der Waals surface area contributed by atoms with Crippen LogP contribution in [-0.2, 0) is 68.1 Å². The van der Waals surface area contributed by atoms with E-state index in [0.717, 1.165) is 88.8 Å². The van der Waals surface area contributed by atoms with Crippen molar-refractivity contribution in [1.82, 2.24) is 51.9 Å². The summed E-state index contributed by atoms with van der Waals surface area (Å²) in [6.45, 7) is -9.67. The Hall–Kier alpha value is -11.3. The van der Waals surface area contributed by atoms with Crippen molar-refractivity contribution in [3.8, 4) is 51.8 Å². The number of aryl methyl sites for hydroxylation is 6. The van der Waals surface area contributed by atoms with E-state index in [1.165, 1.54) is 22.8 Å². The summed E-state index contributed by atoms with van der Waals surface area (Å²) in [6, 6.07) is 55.8. The Morgan fingerprint density at radius 1 is 0.352 bits per heavy atom. The highest BCUT2D eigenvalue weighted by Gasteiger charge is 2.40. The van der Waals surface area contributed by atoms with Gasteiger partial charge in [-0.05, 0) is 84.9 Å². The Morgan fingerprint density at radius 2 is 0.727 bits per heavy atom. The second-order valence-corrected chi connectivity index (χ2v) is 22.4. The minimum atomic E-state index is -2.48. The van der Waals surface area contributed by atoms with Crippen LogP contribution in [0, 0.1) is 0 Å². The number of pyridine rings is 4. The highest BCUT2D eigenvalue weighted by Crippen LogP contribution is 2.39. The van der Waals surface area contributed by atoms with Crippen LogP contribution in [0.2, 0.25) is 0 Å². The maximum absolute atomic E-state index is 8.32. The molecule has 0 fully saturated rings. The predicted octanol–water partition coefficient (Wildman–Crippen LogP) is 11.2. The van der Waals surface area contributed by atoms with Crippen molar-refractivity contribution in [2.24, 2.45) is 41.9 Å².